The van der Waals surface area contributed by atoms with Crippen LogP contribution in [-0.4, -0.2) is 65.0 Å². The number of guanidine groups is 1. The maximum Gasteiger partial charge on any atom is 0.191 e. The molecule has 1 aromatic heterocycles. The van der Waals surface area contributed by atoms with E-state index < -0.39 is 0 Å². The van der Waals surface area contributed by atoms with Crippen molar-refractivity contribution in [1.82, 2.24) is 30.3 Å². The van der Waals surface area contributed by atoms with Crippen molar-refractivity contribution < 1.29 is 4.74 Å². The Kier molecular flexibility index (Phi) is 8.65. The van der Waals surface area contributed by atoms with E-state index in [0.29, 0.717) is 12.6 Å². The second kappa shape index (κ2) is 11.7. The number of nitrogens with one attached hydrogen (secondary N) is 2. The van der Waals surface area contributed by atoms with E-state index in [-0.39, 0.29) is 0 Å². The molecule has 1 unspecified atom stereocenters. The highest BCUT2D eigenvalue weighted by Gasteiger charge is 2.21. The van der Waals surface area contributed by atoms with E-state index in [2.05, 4.69) is 56.1 Å². The molecule has 0 aliphatic carbocycles. The maximum absolute atomic E-state index is 5.16. The highest BCUT2D eigenvalue weighted by molar-refractivity contribution is 5.80. The summed E-state index contributed by atoms with van der Waals surface area (Å²) < 4.78 is 7.14. The average molecular weight is 414 g/mol. The Hall–Kier alpha value is -2.45. The fraction of sp³-hybridized carbons (Fsp3) is 0.591. The van der Waals surface area contributed by atoms with Gasteiger partial charge in [-0.15, -0.1) is 10.2 Å². The number of ether oxygens (including phenoxy) is 1. The minimum absolute atomic E-state index is 0.373. The monoisotopic (exact) mass is 413 g/mol. The zero-order valence-corrected chi connectivity index (χ0v) is 18.5. The summed E-state index contributed by atoms with van der Waals surface area (Å²) >= 11 is 0. The molecule has 0 spiro atoms. The molecular weight excluding hydrogens is 378 g/mol. The quantitative estimate of drug-likeness (QED) is 0.371. The van der Waals surface area contributed by atoms with Crippen LogP contribution in [0.3, 0.4) is 0 Å². The second-order valence-electron chi connectivity index (χ2n) is 7.86. The van der Waals surface area contributed by atoms with Gasteiger partial charge in [-0.1, -0.05) is 30.3 Å². The molecule has 1 aliphatic heterocycles. The highest BCUT2D eigenvalue weighted by Crippen LogP contribution is 2.14. The summed E-state index contributed by atoms with van der Waals surface area (Å²) in [7, 11) is 3.70. The van der Waals surface area contributed by atoms with Crippen molar-refractivity contribution >= 4 is 5.96 Å². The maximum atomic E-state index is 5.16. The third-order valence-electron chi connectivity index (χ3n) is 5.47. The molecule has 2 aromatic rings. The number of hydrogen-bond acceptors (Lipinski definition) is 5. The van der Waals surface area contributed by atoms with Gasteiger partial charge in [-0.3, -0.25) is 4.90 Å². The molecule has 1 fully saturated rings. The number of methoxy groups -OCH3 is 1. The Morgan fingerprint density at radius 1 is 1.27 bits per heavy atom. The normalized spacial score (nSPS) is 17.8. The number of likely N-dealkylation sites (tertiary alicyclic amines) is 1. The van der Waals surface area contributed by atoms with Crippen LogP contribution in [0.25, 0.3) is 0 Å². The zero-order valence-electron chi connectivity index (χ0n) is 18.5. The molecule has 2 heterocycles. The van der Waals surface area contributed by atoms with E-state index in [1.54, 1.807) is 7.11 Å². The molecule has 3 rings (SSSR count). The van der Waals surface area contributed by atoms with Crippen LogP contribution in [0.15, 0.2) is 35.3 Å². The van der Waals surface area contributed by atoms with Crippen molar-refractivity contribution in [3.8, 4) is 0 Å². The Labute approximate surface area is 179 Å². The van der Waals surface area contributed by atoms with Gasteiger partial charge >= 0.3 is 0 Å². The predicted molar refractivity (Wildman–Crippen MR) is 119 cm³/mol. The van der Waals surface area contributed by atoms with Crippen molar-refractivity contribution in [2.75, 3.05) is 33.4 Å². The summed E-state index contributed by atoms with van der Waals surface area (Å²) in [6.45, 7) is 7.14. The van der Waals surface area contributed by atoms with Crippen LogP contribution in [0.4, 0.5) is 0 Å². The molecule has 1 atom stereocenters. The summed E-state index contributed by atoms with van der Waals surface area (Å²) in [6.07, 6.45) is 3.27. The first-order valence-corrected chi connectivity index (χ1v) is 10.8. The number of piperidine rings is 1. The van der Waals surface area contributed by atoms with E-state index >= 15 is 0 Å². The predicted octanol–water partition coefficient (Wildman–Crippen LogP) is 1.86. The van der Waals surface area contributed by atoms with Gasteiger partial charge < -0.3 is 19.9 Å². The molecule has 1 aromatic carbocycles. The van der Waals surface area contributed by atoms with Gasteiger partial charge in [0.25, 0.3) is 0 Å². The van der Waals surface area contributed by atoms with Gasteiger partial charge in [0.2, 0.25) is 0 Å². The van der Waals surface area contributed by atoms with Gasteiger partial charge in [0.1, 0.15) is 12.4 Å². The average Bonchev–Trinajstić information content (AvgIpc) is 3.08. The number of benzene rings is 1. The Morgan fingerprint density at radius 2 is 2.10 bits per heavy atom. The molecule has 0 saturated carbocycles. The fourth-order valence-corrected chi connectivity index (χ4v) is 3.67. The molecule has 1 aliphatic rings. The zero-order chi connectivity index (χ0) is 21.2. The Balaban J connectivity index is 1.59. The molecule has 8 heteroatoms. The largest absolute Gasteiger partial charge is 0.385 e. The molecule has 2 N–H and O–H groups in total. The number of aryl methyl sites for hydroxylation is 1. The van der Waals surface area contributed by atoms with E-state index in [4.69, 9.17) is 9.73 Å². The van der Waals surface area contributed by atoms with E-state index in [1.807, 2.05) is 18.5 Å². The molecule has 164 valence electrons. The molecule has 0 bridgehead atoms. The lowest BCUT2D eigenvalue weighted by Gasteiger charge is -2.34. The van der Waals surface area contributed by atoms with E-state index in [9.17, 15) is 0 Å². The lowest BCUT2D eigenvalue weighted by Crippen LogP contribution is -2.51. The third-order valence-corrected chi connectivity index (χ3v) is 5.47. The number of aromatic nitrogens is 3. The summed E-state index contributed by atoms with van der Waals surface area (Å²) in [6, 6.07) is 11.1. The summed E-state index contributed by atoms with van der Waals surface area (Å²) in [5.41, 5.74) is 1.36. The minimum Gasteiger partial charge on any atom is -0.385 e. The molecule has 0 amide bonds. The molecular formula is C22H35N7O. The van der Waals surface area contributed by atoms with Crippen LogP contribution in [-0.2, 0) is 24.9 Å². The summed E-state index contributed by atoms with van der Waals surface area (Å²) in [5, 5.41) is 15.4. The van der Waals surface area contributed by atoms with Crippen LogP contribution in [0, 0.1) is 6.92 Å². The first-order valence-electron chi connectivity index (χ1n) is 10.8. The number of nitrogens with zero attached hydrogens (tertiary/aromatic N) is 5. The third kappa shape index (κ3) is 6.81. The van der Waals surface area contributed by atoms with Crippen LogP contribution >= 0.6 is 0 Å². The van der Waals surface area contributed by atoms with Crippen molar-refractivity contribution in [3.05, 3.63) is 47.5 Å². The lowest BCUT2D eigenvalue weighted by molar-refractivity contribution is 0.191. The number of aliphatic imine (C=N–C) groups is 1. The fourth-order valence-electron chi connectivity index (χ4n) is 3.67. The summed E-state index contributed by atoms with van der Waals surface area (Å²) in [5.74, 6) is 2.59. The lowest BCUT2D eigenvalue weighted by atomic mass is 10.0. The van der Waals surface area contributed by atoms with Gasteiger partial charge in [0, 0.05) is 46.4 Å². The molecule has 30 heavy (non-hydrogen) atoms. The second-order valence-corrected chi connectivity index (χ2v) is 7.86. The van der Waals surface area contributed by atoms with E-state index in [0.717, 1.165) is 63.2 Å². The van der Waals surface area contributed by atoms with Crippen LogP contribution in [0.1, 0.15) is 36.5 Å². The molecule has 0 radical (unpaired) electrons. The SMILES string of the molecule is COCCCNC(=NCc1nnc(C)n1C)NC1CCCN(Cc2ccccc2)C1. The first-order chi connectivity index (χ1) is 14.7. The van der Waals surface area contributed by atoms with Gasteiger partial charge in [-0.2, -0.15) is 0 Å². The van der Waals surface area contributed by atoms with E-state index in [1.165, 1.54) is 12.0 Å². The summed E-state index contributed by atoms with van der Waals surface area (Å²) in [4.78, 5) is 7.30. The van der Waals surface area contributed by atoms with Crippen LogP contribution < -0.4 is 10.6 Å². The van der Waals surface area contributed by atoms with Crippen molar-refractivity contribution in [2.24, 2.45) is 12.0 Å². The Morgan fingerprint density at radius 3 is 2.83 bits per heavy atom. The molecule has 1 saturated heterocycles. The van der Waals surface area contributed by atoms with Crippen molar-refractivity contribution in [1.29, 1.82) is 0 Å². The van der Waals surface area contributed by atoms with Crippen molar-refractivity contribution in [2.45, 2.75) is 45.3 Å². The van der Waals surface area contributed by atoms with Gasteiger partial charge in [-0.05, 0) is 38.3 Å². The number of rotatable bonds is 9. The van der Waals surface area contributed by atoms with Gasteiger partial charge in [0.15, 0.2) is 11.8 Å². The smallest absolute Gasteiger partial charge is 0.191 e. The van der Waals surface area contributed by atoms with Crippen LogP contribution in [0.5, 0.6) is 0 Å². The Bertz CT molecular complexity index is 790. The van der Waals surface area contributed by atoms with Gasteiger partial charge in [0.05, 0.1) is 0 Å². The van der Waals surface area contributed by atoms with Crippen molar-refractivity contribution in [3.63, 3.8) is 0 Å². The van der Waals surface area contributed by atoms with Gasteiger partial charge in [-0.25, -0.2) is 4.99 Å². The minimum atomic E-state index is 0.373. The highest BCUT2D eigenvalue weighted by atomic mass is 16.5. The first kappa shape index (κ1) is 22.2. The van der Waals surface area contributed by atoms with Crippen LogP contribution in [0.2, 0.25) is 0 Å². The topological polar surface area (TPSA) is 79.6 Å². The number of hydrogen-bond donors (Lipinski definition) is 2. The molecule has 8 nitrogen and oxygen atoms in total. The standard InChI is InChI=1S/C22H35N7O/c1-18-26-27-21(28(18)2)15-24-22(23-12-8-14-30-3)25-20-11-7-13-29(17-20)16-19-9-5-4-6-10-19/h4-6,9-10,20H,7-8,11-17H2,1-3H3,(H2,23,24,25).